The molecule has 4 rings (SSSR count). The Kier molecular flexibility index (Phi) is 3.85. The summed E-state index contributed by atoms with van der Waals surface area (Å²) < 4.78 is 23.8. The fraction of sp³-hybridized carbons (Fsp3) is 0.143. The number of nitrogens with one attached hydrogen (secondary N) is 1. The molecule has 0 spiro atoms. The third-order valence-electron chi connectivity index (χ3n) is 4.64. The number of benzene rings is 3. The van der Waals surface area contributed by atoms with Gasteiger partial charge >= 0.3 is 0 Å². The van der Waals surface area contributed by atoms with Gasteiger partial charge in [0.05, 0.1) is 10.6 Å². The lowest BCUT2D eigenvalue weighted by Crippen LogP contribution is -2.03. The van der Waals surface area contributed by atoms with Crippen LogP contribution >= 0.6 is 0 Å². The zero-order valence-corrected chi connectivity index (χ0v) is 14.8. The molecule has 1 aromatic heterocycles. The Morgan fingerprint density at radius 2 is 1.48 bits per heavy atom. The molecule has 25 heavy (non-hydrogen) atoms. The van der Waals surface area contributed by atoms with Crippen LogP contribution in [0.5, 0.6) is 0 Å². The van der Waals surface area contributed by atoms with Gasteiger partial charge in [-0.05, 0) is 47.9 Å². The van der Waals surface area contributed by atoms with E-state index in [0.29, 0.717) is 4.90 Å². The van der Waals surface area contributed by atoms with Gasteiger partial charge in [0.25, 0.3) is 0 Å². The standard InChI is InChI=1S/C21H19NO2S/c1-2-25(23,24)17-10-7-15(8-11-17)13-16-9-12-21-19(14-16)18-5-3-4-6-20(18)22-21/h3-12,14,22H,2,13H2,1H3. The monoisotopic (exact) mass is 349 g/mol. The molecule has 0 amide bonds. The molecule has 1 heterocycles. The van der Waals surface area contributed by atoms with Crippen molar-refractivity contribution in [3.63, 3.8) is 0 Å². The second kappa shape index (κ2) is 6.05. The molecule has 3 aromatic carbocycles. The van der Waals surface area contributed by atoms with Crippen LogP contribution in [-0.4, -0.2) is 19.2 Å². The lowest BCUT2D eigenvalue weighted by Gasteiger charge is -2.05. The van der Waals surface area contributed by atoms with Crippen LogP contribution in [-0.2, 0) is 16.3 Å². The molecule has 0 saturated heterocycles. The number of H-pyrrole nitrogens is 1. The first-order chi connectivity index (χ1) is 12.1. The zero-order valence-electron chi connectivity index (χ0n) is 14.0. The van der Waals surface area contributed by atoms with Gasteiger partial charge in [0.15, 0.2) is 9.84 Å². The average Bonchev–Trinajstić information content (AvgIpc) is 3.00. The Morgan fingerprint density at radius 1 is 0.800 bits per heavy atom. The number of aromatic nitrogens is 1. The van der Waals surface area contributed by atoms with Crippen molar-refractivity contribution in [3.05, 3.63) is 77.9 Å². The molecule has 0 aliphatic carbocycles. The summed E-state index contributed by atoms with van der Waals surface area (Å²) in [5.74, 6) is 0.129. The van der Waals surface area contributed by atoms with Crippen molar-refractivity contribution in [2.75, 3.05) is 5.75 Å². The molecular formula is C21H19NO2S. The molecule has 0 atom stereocenters. The van der Waals surface area contributed by atoms with E-state index in [9.17, 15) is 8.42 Å². The molecular weight excluding hydrogens is 330 g/mol. The van der Waals surface area contributed by atoms with E-state index in [2.05, 4.69) is 41.4 Å². The minimum absolute atomic E-state index is 0.129. The number of hydrogen-bond donors (Lipinski definition) is 1. The number of para-hydroxylation sites is 1. The molecule has 0 aliphatic heterocycles. The van der Waals surface area contributed by atoms with Gasteiger partial charge in [-0.2, -0.15) is 0 Å². The molecule has 0 aliphatic rings. The van der Waals surface area contributed by atoms with Crippen LogP contribution in [0.2, 0.25) is 0 Å². The number of rotatable bonds is 4. The summed E-state index contributed by atoms with van der Waals surface area (Å²) in [6, 6.07) is 22.0. The highest BCUT2D eigenvalue weighted by molar-refractivity contribution is 7.91. The number of fused-ring (bicyclic) bond motifs is 3. The van der Waals surface area contributed by atoms with Crippen LogP contribution in [0.4, 0.5) is 0 Å². The number of aromatic amines is 1. The van der Waals surface area contributed by atoms with Crippen LogP contribution in [0.15, 0.2) is 71.6 Å². The SMILES string of the molecule is CCS(=O)(=O)c1ccc(Cc2ccc3[nH]c4ccccc4c3c2)cc1. The van der Waals surface area contributed by atoms with Gasteiger partial charge in [0.1, 0.15) is 0 Å². The predicted octanol–water partition coefficient (Wildman–Crippen LogP) is 4.71. The fourth-order valence-electron chi connectivity index (χ4n) is 3.22. The average molecular weight is 349 g/mol. The minimum Gasteiger partial charge on any atom is -0.355 e. The van der Waals surface area contributed by atoms with Gasteiger partial charge in [-0.15, -0.1) is 0 Å². The van der Waals surface area contributed by atoms with Gasteiger partial charge in [0, 0.05) is 21.8 Å². The van der Waals surface area contributed by atoms with E-state index in [4.69, 9.17) is 0 Å². The van der Waals surface area contributed by atoms with Crippen molar-refractivity contribution in [3.8, 4) is 0 Å². The highest BCUT2D eigenvalue weighted by atomic mass is 32.2. The molecule has 0 unspecified atom stereocenters. The maximum atomic E-state index is 11.9. The Balaban J connectivity index is 1.67. The maximum absolute atomic E-state index is 11.9. The number of sulfone groups is 1. The third kappa shape index (κ3) is 2.94. The van der Waals surface area contributed by atoms with E-state index < -0.39 is 9.84 Å². The largest absolute Gasteiger partial charge is 0.355 e. The quantitative estimate of drug-likeness (QED) is 0.580. The van der Waals surface area contributed by atoms with E-state index in [1.807, 2.05) is 18.2 Å². The molecule has 0 saturated carbocycles. The van der Waals surface area contributed by atoms with Crippen LogP contribution in [0, 0.1) is 0 Å². The lowest BCUT2D eigenvalue weighted by atomic mass is 10.0. The van der Waals surface area contributed by atoms with Crippen molar-refractivity contribution in [1.29, 1.82) is 0 Å². The van der Waals surface area contributed by atoms with E-state index in [1.165, 1.54) is 16.3 Å². The van der Waals surface area contributed by atoms with Gasteiger partial charge < -0.3 is 4.98 Å². The molecule has 0 bridgehead atoms. The smallest absolute Gasteiger partial charge is 0.178 e. The van der Waals surface area contributed by atoms with Crippen molar-refractivity contribution in [1.82, 2.24) is 4.98 Å². The molecule has 1 N–H and O–H groups in total. The highest BCUT2D eigenvalue weighted by Crippen LogP contribution is 2.27. The molecule has 126 valence electrons. The summed E-state index contributed by atoms with van der Waals surface area (Å²) in [6.07, 6.45) is 0.780. The summed E-state index contributed by atoms with van der Waals surface area (Å²) in [7, 11) is -3.14. The number of hydrogen-bond acceptors (Lipinski definition) is 2. The Morgan fingerprint density at radius 3 is 2.24 bits per heavy atom. The van der Waals surface area contributed by atoms with Gasteiger partial charge in [0.2, 0.25) is 0 Å². The van der Waals surface area contributed by atoms with E-state index in [-0.39, 0.29) is 5.75 Å². The second-order valence-corrected chi connectivity index (χ2v) is 8.55. The summed E-state index contributed by atoms with van der Waals surface area (Å²) in [5.41, 5.74) is 4.59. The van der Waals surface area contributed by atoms with Crippen LogP contribution in [0.3, 0.4) is 0 Å². The predicted molar refractivity (Wildman–Crippen MR) is 103 cm³/mol. The van der Waals surface area contributed by atoms with Crippen molar-refractivity contribution in [2.24, 2.45) is 0 Å². The summed E-state index contributed by atoms with van der Waals surface area (Å²) in [6.45, 7) is 1.67. The molecule has 0 radical (unpaired) electrons. The lowest BCUT2D eigenvalue weighted by molar-refractivity contribution is 0.597. The van der Waals surface area contributed by atoms with Crippen LogP contribution < -0.4 is 0 Å². The first kappa shape index (κ1) is 15.9. The second-order valence-electron chi connectivity index (χ2n) is 6.27. The molecule has 3 nitrogen and oxygen atoms in total. The maximum Gasteiger partial charge on any atom is 0.178 e. The van der Waals surface area contributed by atoms with Gasteiger partial charge in [-0.25, -0.2) is 8.42 Å². The third-order valence-corrected chi connectivity index (χ3v) is 6.39. The Labute approximate surface area is 147 Å². The van der Waals surface area contributed by atoms with Gasteiger partial charge in [-0.3, -0.25) is 0 Å². The first-order valence-electron chi connectivity index (χ1n) is 8.38. The summed E-state index contributed by atoms with van der Waals surface area (Å²) in [5, 5.41) is 2.45. The van der Waals surface area contributed by atoms with Crippen molar-refractivity contribution in [2.45, 2.75) is 18.2 Å². The molecule has 4 heteroatoms. The molecule has 0 fully saturated rings. The normalized spacial score (nSPS) is 12.0. The summed E-state index contributed by atoms with van der Waals surface area (Å²) in [4.78, 5) is 3.83. The van der Waals surface area contributed by atoms with Crippen LogP contribution in [0.1, 0.15) is 18.1 Å². The first-order valence-corrected chi connectivity index (χ1v) is 10.0. The van der Waals surface area contributed by atoms with E-state index in [1.54, 1.807) is 19.1 Å². The molecule has 4 aromatic rings. The highest BCUT2D eigenvalue weighted by Gasteiger charge is 2.11. The summed E-state index contributed by atoms with van der Waals surface area (Å²) >= 11 is 0. The van der Waals surface area contributed by atoms with Crippen molar-refractivity contribution < 1.29 is 8.42 Å². The van der Waals surface area contributed by atoms with Crippen LogP contribution in [0.25, 0.3) is 21.8 Å². The zero-order chi connectivity index (χ0) is 17.4. The minimum atomic E-state index is -3.14. The Hall–Kier alpha value is -2.59. The van der Waals surface area contributed by atoms with E-state index in [0.717, 1.165) is 23.0 Å². The fourth-order valence-corrected chi connectivity index (χ4v) is 4.11. The van der Waals surface area contributed by atoms with Crippen molar-refractivity contribution >= 4 is 31.6 Å². The van der Waals surface area contributed by atoms with Gasteiger partial charge in [-0.1, -0.05) is 43.3 Å². The Bertz CT molecular complexity index is 1160. The topological polar surface area (TPSA) is 49.9 Å². The van der Waals surface area contributed by atoms with E-state index >= 15 is 0 Å².